The monoisotopic (exact) mass is 366 g/mol. The van der Waals surface area contributed by atoms with Gasteiger partial charge in [-0.15, -0.1) is 0 Å². The summed E-state index contributed by atoms with van der Waals surface area (Å²) in [7, 11) is 0. The Hall–Kier alpha value is -3.06. The predicted octanol–water partition coefficient (Wildman–Crippen LogP) is 1.79. The highest BCUT2D eigenvalue weighted by molar-refractivity contribution is 5.94. The van der Waals surface area contributed by atoms with Crippen molar-refractivity contribution in [3.63, 3.8) is 0 Å². The van der Waals surface area contributed by atoms with Crippen LogP contribution in [0.1, 0.15) is 16.1 Å². The number of piperazine rings is 1. The van der Waals surface area contributed by atoms with E-state index in [-0.39, 0.29) is 17.3 Å². The molecule has 1 aliphatic rings. The van der Waals surface area contributed by atoms with Gasteiger partial charge < -0.3 is 4.90 Å². The van der Waals surface area contributed by atoms with Gasteiger partial charge in [0, 0.05) is 50.6 Å². The van der Waals surface area contributed by atoms with E-state index in [1.54, 1.807) is 23.2 Å². The lowest BCUT2D eigenvalue weighted by Crippen LogP contribution is -2.48. The standard InChI is InChI=1S/C20H19FN4O2/c21-16-6-4-15(5-7-16)20(27)24-11-9-23(10-12-24)14-17-13-19(26)25-8-2-1-3-18(25)22-17/h1-8,13H,9-12,14H2. The molecule has 3 heterocycles. The SMILES string of the molecule is O=C(c1ccc(F)cc1)N1CCN(Cc2cc(=O)n3ccccc3n2)CC1. The van der Waals surface area contributed by atoms with Gasteiger partial charge in [-0.2, -0.15) is 0 Å². The number of carbonyl (C=O) groups excluding carboxylic acids is 1. The second kappa shape index (κ2) is 7.28. The van der Waals surface area contributed by atoms with Gasteiger partial charge in [-0.3, -0.25) is 18.9 Å². The van der Waals surface area contributed by atoms with Gasteiger partial charge in [-0.05, 0) is 36.4 Å². The first-order valence-electron chi connectivity index (χ1n) is 8.85. The lowest BCUT2D eigenvalue weighted by molar-refractivity contribution is 0.0627. The van der Waals surface area contributed by atoms with E-state index in [0.29, 0.717) is 43.9 Å². The Balaban J connectivity index is 1.40. The van der Waals surface area contributed by atoms with Crippen LogP contribution in [0.4, 0.5) is 4.39 Å². The van der Waals surface area contributed by atoms with Gasteiger partial charge in [0.25, 0.3) is 11.5 Å². The van der Waals surface area contributed by atoms with E-state index in [1.807, 2.05) is 12.1 Å². The molecule has 1 fully saturated rings. The van der Waals surface area contributed by atoms with Gasteiger partial charge in [0.1, 0.15) is 11.5 Å². The molecule has 0 saturated carbocycles. The molecule has 0 aliphatic carbocycles. The fraction of sp³-hybridized carbons (Fsp3) is 0.250. The number of hydrogen-bond donors (Lipinski definition) is 0. The third-order valence-corrected chi connectivity index (χ3v) is 4.76. The zero-order valence-corrected chi connectivity index (χ0v) is 14.7. The Morgan fingerprint density at radius 2 is 1.78 bits per heavy atom. The average Bonchev–Trinajstić information content (AvgIpc) is 2.69. The zero-order chi connectivity index (χ0) is 18.8. The molecule has 138 valence electrons. The molecule has 0 bridgehead atoms. The maximum Gasteiger partial charge on any atom is 0.258 e. The summed E-state index contributed by atoms with van der Waals surface area (Å²) in [4.78, 5) is 33.2. The van der Waals surface area contributed by atoms with E-state index >= 15 is 0 Å². The lowest BCUT2D eigenvalue weighted by Gasteiger charge is -2.34. The van der Waals surface area contributed by atoms with Crippen LogP contribution >= 0.6 is 0 Å². The van der Waals surface area contributed by atoms with Crippen molar-refractivity contribution in [3.8, 4) is 0 Å². The molecule has 6 nitrogen and oxygen atoms in total. The number of benzene rings is 1. The van der Waals surface area contributed by atoms with Crippen LogP contribution < -0.4 is 5.56 Å². The second-order valence-corrected chi connectivity index (χ2v) is 6.59. The molecule has 1 aliphatic heterocycles. The number of carbonyl (C=O) groups is 1. The second-order valence-electron chi connectivity index (χ2n) is 6.59. The smallest absolute Gasteiger partial charge is 0.258 e. The maximum absolute atomic E-state index is 13.0. The summed E-state index contributed by atoms with van der Waals surface area (Å²) in [6, 6.07) is 12.6. The molecule has 3 aromatic rings. The molecule has 27 heavy (non-hydrogen) atoms. The Labute approximate surface area is 155 Å². The zero-order valence-electron chi connectivity index (χ0n) is 14.7. The predicted molar refractivity (Wildman–Crippen MR) is 99.0 cm³/mol. The third-order valence-electron chi connectivity index (χ3n) is 4.76. The summed E-state index contributed by atoms with van der Waals surface area (Å²) in [5, 5.41) is 0. The number of hydrogen-bond acceptors (Lipinski definition) is 4. The summed E-state index contributed by atoms with van der Waals surface area (Å²) >= 11 is 0. The van der Waals surface area contributed by atoms with Crippen molar-refractivity contribution in [1.82, 2.24) is 19.2 Å². The molecule has 2 aromatic heterocycles. The topological polar surface area (TPSA) is 57.9 Å². The normalized spacial score (nSPS) is 15.2. The summed E-state index contributed by atoms with van der Waals surface area (Å²) in [5.41, 5.74) is 1.75. The van der Waals surface area contributed by atoms with E-state index in [2.05, 4.69) is 9.88 Å². The minimum Gasteiger partial charge on any atom is -0.336 e. The summed E-state index contributed by atoms with van der Waals surface area (Å²) < 4.78 is 14.5. The Morgan fingerprint density at radius 3 is 2.52 bits per heavy atom. The maximum atomic E-state index is 13.0. The van der Waals surface area contributed by atoms with E-state index in [4.69, 9.17) is 0 Å². The largest absolute Gasteiger partial charge is 0.336 e. The quantitative estimate of drug-likeness (QED) is 0.709. The molecule has 4 rings (SSSR count). The molecule has 0 unspecified atom stereocenters. The van der Waals surface area contributed by atoms with Gasteiger partial charge in [0.05, 0.1) is 5.69 Å². The van der Waals surface area contributed by atoms with Gasteiger partial charge in [-0.1, -0.05) is 6.07 Å². The van der Waals surface area contributed by atoms with Crippen LogP contribution in [0.5, 0.6) is 0 Å². The summed E-state index contributed by atoms with van der Waals surface area (Å²) in [6.45, 7) is 3.14. The summed E-state index contributed by atoms with van der Waals surface area (Å²) in [5.74, 6) is -0.438. The molecule has 0 N–H and O–H groups in total. The molecule has 1 amide bonds. The van der Waals surface area contributed by atoms with Crippen LogP contribution in [0, 0.1) is 5.82 Å². The van der Waals surface area contributed by atoms with Crippen molar-refractivity contribution in [2.75, 3.05) is 26.2 Å². The van der Waals surface area contributed by atoms with Crippen LogP contribution in [0.15, 0.2) is 59.5 Å². The van der Waals surface area contributed by atoms with Gasteiger partial charge in [-0.25, -0.2) is 9.37 Å². The Kier molecular flexibility index (Phi) is 4.68. The minimum absolute atomic E-state index is 0.0864. The Bertz CT molecular complexity index is 1020. The molecular weight excluding hydrogens is 347 g/mol. The lowest BCUT2D eigenvalue weighted by atomic mass is 10.1. The van der Waals surface area contributed by atoms with E-state index in [0.717, 1.165) is 5.69 Å². The molecule has 7 heteroatoms. The van der Waals surface area contributed by atoms with E-state index in [1.165, 1.54) is 28.7 Å². The molecular formula is C20H19FN4O2. The van der Waals surface area contributed by atoms with E-state index < -0.39 is 0 Å². The van der Waals surface area contributed by atoms with Gasteiger partial charge >= 0.3 is 0 Å². The highest BCUT2D eigenvalue weighted by Crippen LogP contribution is 2.12. The van der Waals surface area contributed by atoms with Crippen molar-refractivity contribution in [1.29, 1.82) is 0 Å². The average molecular weight is 366 g/mol. The van der Waals surface area contributed by atoms with Crippen LogP contribution in [0.2, 0.25) is 0 Å². The number of pyridine rings is 1. The number of nitrogens with zero attached hydrogens (tertiary/aromatic N) is 4. The highest BCUT2D eigenvalue weighted by Gasteiger charge is 2.22. The third kappa shape index (κ3) is 3.73. The van der Waals surface area contributed by atoms with Crippen LogP contribution in [0.3, 0.4) is 0 Å². The van der Waals surface area contributed by atoms with Crippen molar-refractivity contribution < 1.29 is 9.18 Å². The molecule has 1 aromatic carbocycles. The first-order valence-corrected chi connectivity index (χ1v) is 8.85. The molecule has 0 atom stereocenters. The fourth-order valence-corrected chi connectivity index (χ4v) is 3.30. The van der Waals surface area contributed by atoms with Crippen molar-refractivity contribution in [2.24, 2.45) is 0 Å². The molecule has 0 spiro atoms. The number of halogens is 1. The van der Waals surface area contributed by atoms with Crippen LogP contribution in [0.25, 0.3) is 5.65 Å². The van der Waals surface area contributed by atoms with Crippen molar-refractivity contribution in [2.45, 2.75) is 6.54 Å². The molecule has 0 radical (unpaired) electrons. The Morgan fingerprint density at radius 1 is 1.04 bits per heavy atom. The van der Waals surface area contributed by atoms with Crippen LogP contribution in [-0.4, -0.2) is 51.3 Å². The van der Waals surface area contributed by atoms with Crippen molar-refractivity contribution in [3.05, 3.63) is 82.2 Å². The summed E-state index contributed by atoms with van der Waals surface area (Å²) in [6.07, 6.45) is 1.70. The van der Waals surface area contributed by atoms with Crippen molar-refractivity contribution >= 4 is 11.6 Å². The number of rotatable bonds is 3. The first-order chi connectivity index (χ1) is 13.1. The number of amides is 1. The number of aromatic nitrogens is 2. The minimum atomic E-state index is -0.352. The van der Waals surface area contributed by atoms with Gasteiger partial charge in [0.2, 0.25) is 0 Å². The van der Waals surface area contributed by atoms with E-state index in [9.17, 15) is 14.0 Å². The van der Waals surface area contributed by atoms with Gasteiger partial charge in [0.15, 0.2) is 0 Å². The molecule has 1 saturated heterocycles. The highest BCUT2D eigenvalue weighted by atomic mass is 19.1. The first kappa shape index (κ1) is 17.4. The van der Waals surface area contributed by atoms with Crippen LogP contribution in [-0.2, 0) is 6.54 Å². The fourth-order valence-electron chi connectivity index (χ4n) is 3.30. The number of fused-ring (bicyclic) bond motifs is 1.